The lowest BCUT2D eigenvalue weighted by atomic mass is 10.2. The molecule has 0 N–H and O–H groups in total. The average molecular weight is 398 g/mol. The monoisotopic (exact) mass is 397 g/mol. The fourth-order valence-electron chi connectivity index (χ4n) is 2.04. The van der Waals surface area contributed by atoms with Crippen molar-refractivity contribution >= 4 is 27.6 Å². The molecule has 0 aliphatic rings. The number of sulfonamides is 1. The normalized spacial score (nSPS) is 11.4. The summed E-state index contributed by atoms with van der Waals surface area (Å²) in [5, 5.41) is 0.0398. The molecule has 0 spiro atoms. The lowest BCUT2D eigenvalue weighted by Crippen LogP contribution is -2.23. The van der Waals surface area contributed by atoms with Crippen molar-refractivity contribution in [3.05, 3.63) is 58.6 Å². The van der Waals surface area contributed by atoms with Crippen molar-refractivity contribution in [2.45, 2.75) is 11.8 Å². The maximum Gasteiger partial charge on any atom is 0.338 e. The highest BCUT2D eigenvalue weighted by Crippen LogP contribution is 2.25. The first-order valence-electron chi connectivity index (χ1n) is 7.80. The molecule has 0 heterocycles. The van der Waals surface area contributed by atoms with Crippen molar-refractivity contribution < 1.29 is 22.7 Å². The fourth-order valence-corrected chi connectivity index (χ4v) is 3.43. The molecule has 0 fully saturated rings. The lowest BCUT2D eigenvalue weighted by molar-refractivity contribution is 0.0450. The first kappa shape index (κ1) is 20.2. The first-order chi connectivity index (χ1) is 12.2. The highest BCUT2D eigenvalue weighted by Gasteiger charge is 2.22. The van der Waals surface area contributed by atoms with Crippen LogP contribution in [0.15, 0.2) is 47.4 Å². The molecule has 0 bridgehead atoms. The van der Waals surface area contributed by atoms with E-state index in [2.05, 4.69) is 0 Å². The standard InChI is InChI=1S/C18H20ClNO5S/c1-13-4-7-15(8-5-13)24-10-11-25-18(21)14-6-9-16(19)17(12-14)26(22,23)20(2)3/h4-9,12H,10-11H2,1-3H3. The van der Waals surface area contributed by atoms with Gasteiger partial charge in [0.2, 0.25) is 10.0 Å². The van der Waals surface area contributed by atoms with Crippen molar-refractivity contribution in [3.8, 4) is 5.75 Å². The Hall–Kier alpha value is -2.09. The predicted molar refractivity (Wildman–Crippen MR) is 99.3 cm³/mol. The molecule has 0 aliphatic carbocycles. The minimum absolute atomic E-state index is 0.0328. The Balaban J connectivity index is 1.98. The van der Waals surface area contributed by atoms with Gasteiger partial charge < -0.3 is 9.47 Å². The number of benzene rings is 2. The molecule has 2 rings (SSSR count). The zero-order valence-electron chi connectivity index (χ0n) is 14.7. The van der Waals surface area contributed by atoms with Crippen LogP contribution < -0.4 is 4.74 Å². The number of aryl methyl sites for hydroxylation is 1. The summed E-state index contributed by atoms with van der Waals surface area (Å²) in [6.07, 6.45) is 0. The molecule has 0 atom stereocenters. The summed E-state index contributed by atoms with van der Waals surface area (Å²) in [5.41, 5.74) is 1.22. The number of hydrogen-bond donors (Lipinski definition) is 0. The van der Waals surface area contributed by atoms with Gasteiger partial charge in [0.15, 0.2) is 0 Å². The molecular formula is C18H20ClNO5S. The van der Waals surface area contributed by atoms with E-state index in [1.807, 2.05) is 31.2 Å². The molecule has 26 heavy (non-hydrogen) atoms. The van der Waals surface area contributed by atoms with E-state index >= 15 is 0 Å². The zero-order valence-corrected chi connectivity index (χ0v) is 16.3. The number of hydrogen-bond acceptors (Lipinski definition) is 5. The molecule has 0 saturated heterocycles. The van der Waals surface area contributed by atoms with Gasteiger partial charge in [0.05, 0.1) is 10.6 Å². The number of carbonyl (C=O) groups excluding carboxylic acids is 1. The number of ether oxygens (including phenoxy) is 2. The second-order valence-electron chi connectivity index (χ2n) is 5.73. The Kier molecular flexibility index (Phi) is 6.63. The molecule has 0 radical (unpaired) electrons. The second kappa shape index (κ2) is 8.53. The predicted octanol–water partition coefficient (Wildman–Crippen LogP) is 3.13. The lowest BCUT2D eigenvalue weighted by Gasteiger charge is -2.13. The summed E-state index contributed by atoms with van der Waals surface area (Å²) in [6, 6.07) is 11.5. The van der Waals surface area contributed by atoms with Crippen LogP contribution in [-0.4, -0.2) is 46.0 Å². The summed E-state index contributed by atoms with van der Waals surface area (Å²) in [7, 11) is -0.983. The van der Waals surface area contributed by atoms with Gasteiger partial charge in [0.25, 0.3) is 0 Å². The third kappa shape index (κ3) is 4.97. The van der Waals surface area contributed by atoms with Crippen LogP contribution in [0.2, 0.25) is 5.02 Å². The summed E-state index contributed by atoms with van der Waals surface area (Å²) < 4.78 is 36.1. The molecule has 0 amide bonds. The summed E-state index contributed by atoms with van der Waals surface area (Å²) >= 11 is 5.96. The average Bonchev–Trinajstić information content (AvgIpc) is 2.60. The van der Waals surface area contributed by atoms with Gasteiger partial charge in [-0.15, -0.1) is 0 Å². The number of carbonyl (C=O) groups is 1. The van der Waals surface area contributed by atoms with Crippen LogP contribution in [0.3, 0.4) is 0 Å². The molecule has 0 saturated carbocycles. The third-order valence-corrected chi connectivity index (χ3v) is 5.83. The van der Waals surface area contributed by atoms with Crippen LogP contribution in [-0.2, 0) is 14.8 Å². The summed E-state index contributed by atoms with van der Waals surface area (Å²) in [6.45, 7) is 2.19. The van der Waals surface area contributed by atoms with Gasteiger partial charge >= 0.3 is 5.97 Å². The molecule has 2 aromatic carbocycles. The van der Waals surface area contributed by atoms with Crippen molar-refractivity contribution in [1.29, 1.82) is 0 Å². The first-order valence-corrected chi connectivity index (χ1v) is 9.62. The van der Waals surface area contributed by atoms with Crippen LogP contribution in [0.5, 0.6) is 5.75 Å². The van der Waals surface area contributed by atoms with Gasteiger partial charge in [-0.2, -0.15) is 0 Å². The van der Waals surface area contributed by atoms with E-state index in [1.165, 1.54) is 32.3 Å². The van der Waals surface area contributed by atoms with Crippen LogP contribution in [0, 0.1) is 6.92 Å². The molecule has 0 unspecified atom stereocenters. The molecule has 2 aromatic rings. The van der Waals surface area contributed by atoms with Gasteiger partial charge in [-0.25, -0.2) is 17.5 Å². The highest BCUT2D eigenvalue weighted by molar-refractivity contribution is 7.89. The molecule has 0 aliphatic heterocycles. The van der Waals surface area contributed by atoms with Crippen molar-refractivity contribution in [2.24, 2.45) is 0 Å². The van der Waals surface area contributed by atoms with Gasteiger partial charge in [-0.3, -0.25) is 0 Å². The highest BCUT2D eigenvalue weighted by atomic mass is 35.5. The maximum absolute atomic E-state index is 12.2. The Morgan fingerprint density at radius 3 is 2.35 bits per heavy atom. The number of rotatable bonds is 7. The van der Waals surface area contributed by atoms with Crippen LogP contribution >= 0.6 is 11.6 Å². The van der Waals surface area contributed by atoms with E-state index in [1.54, 1.807) is 0 Å². The second-order valence-corrected chi connectivity index (χ2v) is 8.26. The van der Waals surface area contributed by atoms with Crippen LogP contribution in [0.4, 0.5) is 0 Å². The molecule has 6 nitrogen and oxygen atoms in total. The van der Waals surface area contributed by atoms with Crippen molar-refractivity contribution in [2.75, 3.05) is 27.3 Å². The molecule has 140 valence electrons. The summed E-state index contributed by atoms with van der Waals surface area (Å²) in [5.74, 6) is 0.0295. The Bertz CT molecular complexity index is 879. The van der Waals surface area contributed by atoms with E-state index in [9.17, 15) is 13.2 Å². The third-order valence-electron chi connectivity index (χ3n) is 3.53. The minimum atomic E-state index is -3.76. The molecular weight excluding hydrogens is 378 g/mol. The Labute approximate surface area is 158 Å². The van der Waals surface area contributed by atoms with Crippen LogP contribution in [0.1, 0.15) is 15.9 Å². The van der Waals surface area contributed by atoms with Gasteiger partial charge in [-0.05, 0) is 37.3 Å². The van der Waals surface area contributed by atoms with Crippen molar-refractivity contribution in [1.82, 2.24) is 4.31 Å². The minimum Gasteiger partial charge on any atom is -0.490 e. The number of esters is 1. The van der Waals surface area contributed by atoms with Gasteiger partial charge in [-0.1, -0.05) is 29.3 Å². The van der Waals surface area contributed by atoms with E-state index in [0.717, 1.165) is 9.87 Å². The molecule has 0 aromatic heterocycles. The Morgan fingerprint density at radius 2 is 1.73 bits per heavy atom. The quantitative estimate of drug-likeness (QED) is 0.530. The number of halogens is 1. The zero-order chi connectivity index (χ0) is 19.3. The summed E-state index contributed by atoms with van der Waals surface area (Å²) in [4.78, 5) is 12.0. The van der Waals surface area contributed by atoms with E-state index in [0.29, 0.717) is 5.75 Å². The SMILES string of the molecule is Cc1ccc(OCCOC(=O)c2ccc(Cl)c(S(=O)(=O)N(C)C)c2)cc1. The van der Waals surface area contributed by atoms with Crippen LogP contribution in [0.25, 0.3) is 0 Å². The van der Waals surface area contributed by atoms with E-state index in [-0.39, 0.29) is 28.7 Å². The van der Waals surface area contributed by atoms with E-state index < -0.39 is 16.0 Å². The smallest absolute Gasteiger partial charge is 0.338 e. The molecule has 8 heteroatoms. The van der Waals surface area contributed by atoms with Gasteiger partial charge in [0, 0.05) is 14.1 Å². The van der Waals surface area contributed by atoms with Gasteiger partial charge in [0.1, 0.15) is 23.9 Å². The Morgan fingerprint density at radius 1 is 1.08 bits per heavy atom. The number of nitrogens with zero attached hydrogens (tertiary/aromatic N) is 1. The topological polar surface area (TPSA) is 72.9 Å². The van der Waals surface area contributed by atoms with E-state index in [4.69, 9.17) is 21.1 Å². The fraction of sp³-hybridized carbons (Fsp3) is 0.278. The maximum atomic E-state index is 12.2. The van der Waals surface area contributed by atoms with Crippen molar-refractivity contribution in [3.63, 3.8) is 0 Å². The largest absolute Gasteiger partial charge is 0.490 e.